The second kappa shape index (κ2) is 8.58. The molecule has 2 aromatic rings. The smallest absolute Gasteiger partial charge is 0.175 e. The molecule has 3 rings (SSSR count). The van der Waals surface area contributed by atoms with E-state index >= 15 is 0 Å². The highest BCUT2D eigenvalue weighted by Crippen LogP contribution is 2.17. The van der Waals surface area contributed by atoms with E-state index in [9.17, 15) is 0 Å². The van der Waals surface area contributed by atoms with Crippen LogP contribution in [0.25, 0.3) is 0 Å². The van der Waals surface area contributed by atoms with E-state index in [1.165, 1.54) is 5.56 Å². The van der Waals surface area contributed by atoms with Crippen LogP contribution in [-0.4, -0.2) is 36.3 Å². The lowest BCUT2D eigenvalue weighted by Gasteiger charge is -2.26. The van der Waals surface area contributed by atoms with Gasteiger partial charge in [-0.15, -0.1) is 0 Å². The molecule has 0 amide bonds. The van der Waals surface area contributed by atoms with Crippen LogP contribution in [-0.2, 0) is 11.3 Å². The summed E-state index contributed by atoms with van der Waals surface area (Å²) in [5.74, 6) is 0. The van der Waals surface area contributed by atoms with Crippen molar-refractivity contribution >= 4 is 44.6 Å². The fraction of sp³-hybridized carbons (Fsp3) is 0.278. The highest BCUT2D eigenvalue weighted by atomic mass is 79.9. The summed E-state index contributed by atoms with van der Waals surface area (Å²) in [6.07, 6.45) is 0. The van der Waals surface area contributed by atoms with E-state index in [4.69, 9.17) is 17.0 Å². The highest BCUT2D eigenvalue weighted by Gasteiger charge is 2.10. The summed E-state index contributed by atoms with van der Waals surface area (Å²) in [6, 6.07) is 16.3. The molecule has 0 aliphatic carbocycles. The summed E-state index contributed by atoms with van der Waals surface area (Å²) in [4.78, 5) is 2.41. The maximum absolute atomic E-state index is 5.38. The molecule has 0 atom stereocenters. The summed E-state index contributed by atoms with van der Waals surface area (Å²) in [5.41, 5.74) is 3.23. The van der Waals surface area contributed by atoms with Gasteiger partial charge in [0.15, 0.2) is 5.11 Å². The molecule has 0 aromatic heterocycles. The van der Waals surface area contributed by atoms with Gasteiger partial charge in [0.25, 0.3) is 0 Å². The van der Waals surface area contributed by atoms with Gasteiger partial charge in [0.05, 0.1) is 13.2 Å². The van der Waals surface area contributed by atoms with Gasteiger partial charge in [0.1, 0.15) is 0 Å². The quantitative estimate of drug-likeness (QED) is 0.749. The van der Waals surface area contributed by atoms with Crippen molar-refractivity contribution in [3.63, 3.8) is 0 Å². The summed E-state index contributed by atoms with van der Waals surface area (Å²) >= 11 is 8.82. The Kier molecular flexibility index (Phi) is 6.20. The van der Waals surface area contributed by atoms with Gasteiger partial charge in [-0.2, -0.15) is 0 Å². The summed E-state index contributed by atoms with van der Waals surface area (Å²) in [7, 11) is 0. The van der Waals surface area contributed by atoms with Gasteiger partial charge in [0.2, 0.25) is 0 Å². The number of halogens is 1. The minimum Gasteiger partial charge on any atom is -0.379 e. The number of nitrogens with zero attached hydrogens (tertiary/aromatic N) is 1. The Morgan fingerprint density at radius 2 is 1.75 bits per heavy atom. The Labute approximate surface area is 156 Å². The van der Waals surface area contributed by atoms with Crippen LogP contribution in [0.5, 0.6) is 0 Å². The van der Waals surface area contributed by atoms with Gasteiger partial charge < -0.3 is 15.4 Å². The van der Waals surface area contributed by atoms with Crippen molar-refractivity contribution in [1.82, 2.24) is 4.90 Å². The van der Waals surface area contributed by atoms with Gasteiger partial charge >= 0.3 is 0 Å². The fourth-order valence-corrected chi connectivity index (χ4v) is 3.21. The van der Waals surface area contributed by atoms with Crippen LogP contribution in [0.2, 0.25) is 0 Å². The van der Waals surface area contributed by atoms with E-state index in [-0.39, 0.29) is 0 Å². The topological polar surface area (TPSA) is 36.5 Å². The lowest BCUT2D eigenvalue weighted by atomic mass is 10.2. The average molecular weight is 406 g/mol. The first-order valence-electron chi connectivity index (χ1n) is 7.92. The van der Waals surface area contributed by atoms with Crippen molar-refractivity contribution in [3.05, 3.63) is 58.6 Å². The first-order valence-corrected chi connectivity index (χ1v) is 9.12. The molecule has 0 saturated carbocycles. The average Bonchev–Trinajstić information content (AvgIpc) is 2.57. The second-order valence-corrected chi connectivity index (χ2v) is 7.00. The van der Waals surface area contributed by atoms with Crippen LogP contribution in [0.1, 0.15) is 5.56 Å². The molecule has 6 heteroatoms. The number of hydrogen-bond acceptors (Lipinski definition) is 3. The molecule has 2 aromatic carbocycles. The monoisotopic (exact) mass is 405 g/mol. The number of hydrogen-bond donors (Lipinski definition) is 2. The molecule has 24 heavy (non-hydrogen) atoms. The van der Waals surface area contributed by atoms with Crippen molar-refractivity contribution in [2.45, 2.75) is 6.54 Å². The van der Waals surface area contributed by atoms with E-state index in [0.29, 0.717) is 5.11 Å². The predicted octanol–water partition coefficient (Wildman–Crippen LogP) is 4.09. The third-order valence-corrected chi connectivity index (χ3v) is 4.50. The first-order chi connectivity index (χ1) is 11.7. The summed E-state index contributed by atoms with van der Waals surface area (Å²) in [5, 5.41) is 6.97. The van der Waals surface area contributed by atoms with Gasteiger partial charge in [-0.1, -0.05) is 34.1 Å². The third-order valence-electron chi connectivity index (χ3n) is 3.80. The van der Waals surface area contributed by atoms with E-state index in [1.807, 2.05) is 24.3 Å². The molecule has 1 heterocycles. The molecule has 1 aliphatic heterocycles. The van der Waals surface area contributed by atoms with Gasteiger partial charge in [-0.25, -0.2) is 0 Å². The van der Waals surface area contributed by atoms with Gasteiger partial charge in [-0.05, 0) is 48.1 Å². The molecular formula is C18H20BrN3OS. The Morgan fingerprint density at radius 1 is 1.04 bits per heavy atom. The van der Waals surface area contributed by atoms with Gasteiger partial charge in [-0.3, -0.25) is 4.90 Å². The number of nitrogens with one attached hydrogen (secondary N) is 2. The molecule has 0 unspecified atom stereocenters. The molecule has 126 valence electrons. The van der Waals surface area contributed by atoms with E-state index in [0.717, 1.165) is 48.7 Å². The SMILES string of the molecule is S=C(Nc1ccc(CN2CCOCC2)cc1)Nc1cccc(Br)c1. The molecule has 2 N–H and O–H groups in total. The maximum atomic E-state index is 5.38. The van der Waals surface area contributed by atoms with E-state index in [1.54, 1.807) is 0 Å². The largest absolute Gasteiger partial charge is 0.379 e. The Hall–Kier alpha value is -1.47. The molecule has 0 radical (unpaired) electrons. The number of anilines is 2. The number of thiocarbonyl (C=S) groups is 1. The fourth-order valence-electron chi connectivity index (χ4n) is 2.57. The lowest BCUT2D eigenvalue weighted by molar-refractivity contribution is 0.0342. The summed E-state index contributed by atoms with van der Waals surface area (Å²) in [6.45, 7) is 4.62. The molecule has 1 aliphatic rings. The molecule has 1 saturated heterocycles. The zero-order chi connectivity index (χ0) is 16.8. The molecule has 4 nitrogen and oxygen atoms in total. The normalized spacial score (nSPS) is 15.0. The number of morpholine rings is 1. The molecule has 0 spiro atoms. The first kappa shape index (κ1) is 17.4. The van der Waals surface area contributed by atoms with Crippen molar-refractivity contribution in [1.29, 1.82) is 0 Å². The van der Waals surface area contributed by atoms with Crippen LogP contribution in [0, 0.1) is 0 Å². The van der Waals surface area contributed by atoms with Crippen molar-refractivity contribution in [2.75, 3.05) is 36.9 Å². The minimum absolute atomic E-state index is 0.578. The number of rotatable bonds is 4. The molecule has 0 bridgehead atoms. The zero-order valence-electron chi connectivity index (χ0n) is 13.3. The predicted molar refractivity (Wildman–Crippen MR) is 107 cm³/mol. The summed E-state index contributed by atoms with van der Waals surface area (Å²) < 4.78 is 6.40. The highest BCUT2D eigenvalue weighted by molar-refractivity contribution is 9.10. The molecule has 1 fully saturated rings. The minimum atomic E-state index is 0.578. The second-order valence-electron chi connectivity index (χ2n) is 5.67. The van der Waals surface area contributed by atoms with Crippen LogP contribution >= 0.6 is 28.1 Å². The Morgan fingerprint density at radius 3 is 2.46 bits per heavy atom. The standard InChI is InChI=1S/C18H20BrN3OS/c19-15-2-1-3-17(12-15)21-18(24)20-16-6-4-14(5-7-16)13-22-8-10-23-11-9-22/h1-7,12H,8-11,13H2,(H2,20,21,24). The van der Waals surface area contributed by atoms with Crippen molar-refractivity contribution in [2.24, 2.45) is 0 Å². The maximum Gasteiger partial charge on any atom is 0.175 e. The Balaban J connectivity index is 1.52. The van der Waals surface area contributed by atoms with Crippen LogP contribution in [0.15, 0.2) is 53.0 Å². The lowest BCUT2D eigenvalue weighted by Crippen LogP contribution is -2.35. The molecular weight excluding hydrogens is 386 g/mol. The zero-order valence-corrected chi connectivity index (χ0v) is 15.7. The van der Waals surface area contributed by atoms with Crippen LogP contribution < -0.4 is 10.6 Å². The Bertz CT molecular complexity index is 687. The van der Waals surface area contributed by atoms with E-state index in [2.05, 4.69) is 55.7 Å². The van der Waals surface area contributed by atoms with Crippen LogP contribution in [0.3, 0.4) is 0 Å². The number of ether oxygens (including phenoxy) is 1. The third kappa shape index (κ3) is 5.27. The van der Waals surface area contributed by atoms with Crippen molar-refractivity contribution in [3.8, 4) is 0 Å². The van der Waals surface area contributed by atoms with Crippen molar-refractivity contribution < 1.29 is 4.74 Å². The van der Waals surface area contributed by atoms with Gasteiger partial charge in [0, 0.05) is 35.5 Å². The van der Waals surface area contributed by atoms with E-state index < -0.39 is 0 Å². The number of benzene rings is 2. The van der Waals surface area contributed by atoms with Crippen LogP contribution in [0.4, 0.5) is 11.4 Å².